The summed E-state index contributed by atoms with van der Waals surface area (Å²) in [6.07, 6.45) is 2.57. The summed E-state index contributed by atoms with van der Waals surface area (Å²) in [5, 5.41) is 4.33. The largest absolute Gasteiger partial charge is 0.355 e. The minimum absolute atomic E-state index is 0.0683. The number of hydrogen-bond donors (Lipinski definition) is 1. The number of fused-ring (bicyclic) bond motifs is 1. The van der Waals surface area contributed by atoms with Crippen LogP contribution in [0.5, 0.6) is 0 Å². The van der Waals surface area contributed by atoms with Crippen LogP contribution in [0.3, 0.4) is 0 Å². The Bertz CT molecular complexity index is 833. The highest BCUT2D eigenvalue weighted by Gasteiger charge is 2.13. The molecule has 1 heterocycles. The molecule has 0 saturated carbocycles. The molecule has 1 N–H and O–H groups in total. The fourth-order valence-corrected chi connectivity index (χ4v) is 3.26. The topological polar surface area (TPSA) is 64.0 Å². The molecule has 0 spiro atoms. The summed E-state index contributed by atoms with van der Waals surface area (Å²) in [7, 11) is 0. The Kier molecular flexibility index (Phi) is 7.08. The van der Waals surface area contributed by atoms with Crippen molar-refractivity contribution in [3.8, 4) is 0 Å². The van der Waals surface area contributed by atoms with E-state index in [0.29, 0.717) is 40.1 Å². The van der Waals surface area contributed by atoms with Crippen molar-refractivity contribution in [1.82, 2.24) is 14.9 Å². The van der Waals surface area contributed by atoms with Crippen molar-refractivity contribution in [2.75, 3.05) is 12.3 Å². The van der Waals surface area contributed by atoms with Crippen molar-refractivity contribution in [3.05, 3.63) is 46.2 Å². The van der Waals surface area contributed by atoms with Crippen LogP contribution < -0.4 is 10.9 Å². The molecule has 2 aromatic rings. The molecule has 0 bridgehead atoms. The van der Waals surface area contributed by atoms with Crippen molar-refractivity contribution in [2.24, 2.45) is 5.92 Å². The molecule has 0 atom stereocenters. The Morgan fingerprint density at radius 1 is 1.48 bits per heavy atom. The number of carbonyl (C=O) groups is 1. The van der Waals surface area contributed by atoms with Crippen LogP contribution in [0.15, 0.2) is 40.8 Å². The molecule has 1 amide bonds. The summed E-state index contributed by atoms with van der Waals surface area (Å²) < 4.78 is 1.51. The Morgan fingerprint density at radius 3 is 2.92 bits per heavy atom. The summed E-state index contributed by atoms with van der Waals surface area (Å²) >= 11 is 7.23. The fraction of sp³-hybridized carbons (Fsp3) is 0.389. The maximum absolute atomic E-state index is 12.7. The van der Waals surface area contributed by atoms with Gasteiger partial charge in [0.15, 0.2) is 5.16 Å². The maximum atomic E-state index is 12.7. The van der Waals surface area contributed by atoms with E-state index in [4.69, 9.17) is 11.6 Å². The molecule has 0 fully saturated rings. The maximum Gasteiger partial charge on any atom is 0.262 e. The van der Waals surface area contributed by atoms with Gasteiger partial charge in [0, 0.05) is 18.1 Å². The third-order valence-corrected chi connectivity index (χ3v) is 4.78. The lowest BCUT2D eigenvalue weighted by molar-refractivity contribution is -0.118. The molecule has 0 aliphatic carbocycles. The summed E-state index contributed by atoms with van der Waals surface area (Å²) in [6.45, 7) is 8.89. The van der Waals surface area contributed by atoms with E-state index in [1.54, 1.807) is 24.3 Å². The van der Waals surface area contributed by atoms with Gasteiger partial charge in [-0.1, -0.05) is 43.3 Å². The van der Waals surface area contributed by atoms with E-state index >= 15 is 0 Å². The molecule has 7 heteroatoms. The normalized spacial score (nSPS) is 11.0. The molecule has 1 aromatic carbocycles. The van der Waals surface area contributed by atoms with E-state index < -0.39 is 0 Å². The second-order valence-electron chi connectivity index (χ2n) is 6.08. The number of nitrogens with one attached hydrogen (secondary N) is 1. The van der Waals surface area contributed by atoms with E-state index in [0.717, 1.165) is 6.42 Å². The first-order valence-electron chi connectivity index (χ1n) is 8.13. The number of amides is 1. The van der Waals surface area contributed by atoms with Gasteiger partial charge in [-0.05, 0) is 30.5 Å². The smallest absolute Gasteiger partial charge is 0.262 e. The van der Waals surface area contributed by atoms with E-state index in [2.05, 4.69) is 30.7 Å². The molecule has 0 saturated heterocycles. The molecule has 25 heavy (non-hydrogen) atoms. The summed E-state index contributed by atoms with van der Waals surface area (Å²) in [5.41, 5.74) is 0.382. The first kappa shape index (κ1) is 19.5. The van der Waals surface area contributed by atoms with E-state index in [-0.39, 0.29) is 17.2 Å². The first-order valence-corrected chi connectivity index (χ1v) is 9.49. The van der Waals surface area contributed by atoms with E-state index in [9.17, 15) is 9.59 Å². The van der Waals surface area contributed by atoms with Crippen LogP contribution in [0.4, 0.5) is 0 Å². The summed E-state index contributed by atoms with van der Waals surface area (Å²) in [5.74, 6) is 0.682. The highest BCUT2D eigenvalue weighted by atomic mass is 35.5. The minimum Gasteiger partial charge on any atom is -0.355 e. The third-order valence-electron chi connectivity index (χ3n) is 3.57. The average Bonchev–Trinajstić information content (AvgIpc) is 2.56. The summed E-state index contributed by atoms with van der Waals surface area (Å²) in [4.78, 5) is 29.2. The lowest BCUT2D eigenvalue weighted by Gasteiger charge is -2.12. The van der Waals surface area contributed by atoms with Gasteiger partial charge in [0.05, 0.1) is 16.7 Å². The Labute approximate surface area is 156 Å². The number of rotatable bonds is 8. The summed E-state index contributed by atoms with van der Waals surface area (Å²) in [6, 6.07) is 5.02. The molecule has 0 aliphatic rings. The van der Waals surface area contributed by atoms with Crippen molar-refractivity contribution in [2.45, 2.75) is 32.0 Å². The van der Waals surface area contributed by atoms with Crippen LogP contribution in [0, 0.1) is 5.92 Å². The predicted octanol–water partition coefficient (Wildman–Crippen LogP) is 3.49. The van der Waals surface area contributed by atoms with Crippen molar-refractivity contribution in [3.63, 3.8) is 0 Å². The zero-order chi connectivity index (χ0) is 18.4. The van der Waals surface area contributed by atoms with Gasteiger partial charge in [-0.3, -0.25) is 14.2 Å². The number of allylic oxidation sites excluding steroid dienone is 1. The van der Waals surface area contributed by atoms with Gasteiger partial charge in [0.1, 0.15) is 0 Å². The van der Waals surface area contributed by atoms with Gasteiger partial charge >= 0.3 is 0 Å². The number of hydrogen-bond acceptors (Lipinski definition) is 4. The molecule has 0 radical (unpaired) electrons. The standard InChI is InChI=1S/C18H22ClN3O2S/c1-4-9-22-17(24)14-10-13(19)5-6-15(14)21-18(22)25-11-16(23)20-8-7-12(2)3/h4-6,10,12H,1,7-9,11H2,2-3H3,(H,20,23). The first-order chi connectivity index (χ1) is 11.9. The molecule has 0 aliphatic heterocycles. The van der Waals surface area contributed by atoms with Gasteiger partial charge in [0.2, 0.25) is 5.91 Å². The number of aromatic nitrogens is 2. The number of halogens is 1. The number of benzene rings is 1. The second-order valence-corrected chi connectivity index (χ2v) is 7.46. The molecule has 2 rings (SSSR count). The Morgan fingerprint density at radius 2 is 2.24 bits per heavy atom. The lowest BCUT2D eigenvalue weighted by Crippen LogP contribution is -2.28. The van der Waals surface area contributed by atoms with Gasteiger partial charge in [0.25, 0.3) is 5.56 Å². The minimum atomic E-state index is -0.185. The molecule has 0 unspecified atom stereocenters. The second kappa shape index (κ2) is 9.06. The monoisotopic (exact) mass is 379 g/mol. The lowest BCUT2D eigenvalue weighted by atomic mass is 10.1. The Hall–Kier alpha value is -1.79. The van der Waals surface area contributed by atoms with Crippen LogP contribution in [0.1, 0.15) is 20.3 Å². The quantitative estimate of drug-likeness (QED) is 0.433. The van der Waals surface area contributed by atoms with Crippen LogP contribution >= 0.6 is 23.4 Å². The van der Waals surface area contributed by atoms with Crippen molar-refractivity contribution < 1.29 is 4.79 Å². The molecular formula is C18H22ClN3O2S. The highest BCUT2D eigenvalue weighted by molar-refractivity contribution is 7.99. The number of carbonyl (C=O) groups excluding carboxylic acids is 1. The van der Waals surface area contributed by atoms with Crippen molar-refractivity contribution in [1.29, 1.82) is 0 Å². The SMILES string of the molecule is C=CCn1c(SCC(=O)NCCC(C)C)nc2ccc(Cl)cc2c1=O. The predicted molar refractivity (Wildman–Crippen MR) is 104 cm³/mol. The number of thioether (sulfide) groups is 1. The third kappa shape index (κ3) is 5.34. The molecule has 134 valence electrons. The van der Waals surface area contributed by atoms with Gasteiger partial charge < -0.3 is 5.32 Å². The van der Waals surface area contributed by atoms with Crippen LogP contribution in [0.25, 0.3) is 10.9 Å². The molecule has 5 nitrogen and oxygen atoms in total. The Balaban J connectivity index is 2.20. The zero-order valence-electron chi connectivity index (χ0n) is 14.4. The van der Waals surface area contributed by atoms with Crippen LogP contribution in [-0.2, 0) is 11.3 Å². The van der Waals surface area contributed by atoms with Gasteiger partial charge in [-0.25, -0.2) is 4.98 Å². The molecule has 1 aromatic heterocycles. The average molecular weight is 380 g/mol. The molecular weight excluding hydrogens is 358 g/mol. The highest BCUT2D eigenvalue weighted by Crippen LogP contribution is 2.20. The van der Waals surface area contributed by atoms with E-state index in [1.165, 1.54) is 16.3 Å². The van der Waals surface area contributed by atoms with Crippen molar-refractivity contribution >= 4 is 40.2 Å². The van der Waals surface area contributed by atoms with Crippen LogP contribution in [0.2, 0.25) is 5.02 Å². The zero-order valence-corrected chi connectivity index (χ0v) is 16.0. The number of nitrogens with zero attached hydrogens (tertiary/aromatic N) is 2. The van der Waals surface area contributed by atoms with E-state index in [1.807, 2.05) is 0 Å². The van der Waals surface area contributed by atoms with Gasteiger partial charge in [-0.15, -0.1) is 6.58 Å². The fourth-order valence-electron chi connectivity index (χ4n) is 2.25. The van der Waals surface area contributed by atoms with Gasteiger partial charge in [-0.2, -0.15) is 0 Å². The van der Waals surface area contributed by atoms with Crippen LogP contribution in [-0.4, -0.2) is 27.8 Å².